The molecular weight excluding hydrogens is 364 g/mol. The van der Waals surface area contributed by atoms with E-state index in [-0.39, 0.29) is 11.0 Å². The highest BCUT2D eigenvalue weighted by Gasteiger charge is 2.02. The Morgan fingerprint density at radius 3 is 2.69 bits per heavy atom. The average molecular weight is 389 g/mol. The lowest BCUT2D eigenvalue weighted by Gasteiger charge is -2.10. The molecule has 0 aliphatic heterocycles. The van der Waals surface area contributed by atoms with Gasteiger partial charge in [-0.3, -0.25) is 10.1 Å². The van der Waals surface area contributed by atoms with E-state index in [0.717, 1.165) is 29.3 Å². The molecule has 1 heterocycles. The zero-order valence-corrected chi connectivity index (χ0v) is 16.5. The summed E-state index contributed by atoms with van der Waals surface area (Å²) in [5.41, 5.74) is 0.802. The van der Waals surface area contributed by atoms with E-state index >= 15 is 0 Å². The lowest BCUT2D eigenvalue weighted by Crippen LogP contribution is -2.32. The molecule has 1 amide bonds. The van der Waals surface area contributed by atoms with Crippen LogP contribution in [0.15, 0.2) is 47.9 Å². The van der Waals surface area contributed by atoms with E-state index in [0.29, 0.717) is 0 Å². The number of carbonyl (C=O) groups excluding carboxylic acids is 1. The Kier molecular flexibility index (Phi) is 8.86. The third kappa shape index (κ3) is 7.80. The third-order valence-corrected chi connectivity index (χ3v) is 4.60. The van der Waals surface area contributed by atoms with Crippen LogP contribution in [0.3, 0.4) is 0 Å². The highest BCUT2D eigenvalue weighted by Crippen LogP contribution is 2.16. The standard InChI is InChI=1S/C20H24N2O2S2/c1-2-3-4-5-14-24-17-10-8-16(9-11-17)21-20(25)22-19(23)13-12-18-7-6-15-26-18/h6-13,15H,2-5,14H2,1H3,(H2,21,22,23,25)/b13-12+. The molecule has 0 spiro atoms. The summed E-state index contributed by atoms with van der Waals surface area (Å²) in [5.74, 6) is 0.573. The topological polar surface area (TPSA) is 50.4 Å². The normalized spacial score (nSPS) is 10.7. The Morgan fingerprint density at radius 1 is 1.19 bits per heavy atom. The number of anilines is 1. The Morgan fingerprint density at radius 2 is 2.00 bits per heavy atom. The summed E-state index contributed by atoms with van der Waals surface area (Å²) in [5, 5.41) is 7.84. The fourth-order valence-electron chi connectivity index (χ4n) is 2.21. The maximum Gasteiger partial charge on any atom is 0.250 e. The van der Waals surface area contributed by atoms with Gasteiger partial charge in [-0.2, -0.15) is 0 Å². The summed E-state index contributed by atoms with van der Waals surface area (Å²) < 4.78 is 5.71. The van der Waals surface area contributed by atoms with Gasteiger partial charge in [0.15, 0.2) is 5.11 Å². The molecule has 6 heteroatoms. The minimum absolute atomic E-state index is 0.261. The van der Waals surface area contributed by atoms with Crippen molar-refractivity contribution in [3.63, 3.8) is 0 Å². The third-order valence-electron chi connectivity index (χ3n) is 3.56. The van der Waals surface area contributed by atoms with E-state index in [1.165, 1.54) is 25.3 Å². The van der Waals surface area contributed by atoms with Crippen LogP contribution >= 0.6 is 23.6 Å². The second kappa shape index (κ2) is 11.4. The zero-order chi connectivity index (χ0) is 18.6. The summed E-state index contributed by atoms with van der Waals surface area (Å²) in [6, 6.07) is 11.4. The second-order valence-electron chi connectivity index (χ2n) is 5.73. The van der Waals surface area contributed by atoms with E-state index in [4.69, 9.17) is 17.0 Å². The number of unbranched alkanes of at least 4 members (excludes halogenated alkanes) is 3. The van der Waals surface area contributed by atoms with Crippen LogP contribution in [0.5, 0.6) is 5.75 Å². The van der Waals surface area contributed by atoms with Crippen molar-refractivity contribution < 1.29 is 9.53 Å². The smallest absolute Gasteiger partial charge is 0.250 e. The van der Waals surface area contributed by atoms with Crippen LogP contribution in [0.2, 0.25) is 0 Å². The van der Waals surface area contributed by atoms with Gasteiger partial charge in [0, 0.05) is 16.6 Å². The lowest BCUT2D eigenvalue weighted by molar-refractivity contribution is -0.115. The van der Waals surface area contributed by atoms with Gasteiger partial charge < -0.3 is 10.1 Å². The summed E-state index contributed by atoms with van der Waals surface area (Å²) in [6.45, 7) is 2.93. The molecule has 1 aromatic heterocycles. The number of rotatable bonds is 9. The molecule has 0 saturated carbocycles. The predicted molar refractivity (Wildman–Crippen MR) is 114 cm³/mol. The molecule has 0 aliphatic carbocycles. The van der Waals surface area contributed by atoms with Crippen molar-refractivity contribution in [3.05, 3.63) is 52.7 Å². The van der Waals surface area contributed by atoms with Crippen LogP contribution in [0.4, 0.5) is 5.69 Å². The molecule has 4 nitrogen and oxygen atoms in total. The second-order valence-corrected chi connectivity index (χ2v) is 7.11. The SMILES string of the molecule is CCCCCCOc1ccc(NC(=S)NC(=O)/C=C/c2cccs2)cc1. The Balaban J connectivity index is 1.72. The summed E-state index contributed by atoms with van der Waals surface area (Å²) in [6.07, 6.45) is 7.97. The first-order valence-corrected chi connectivity index (χ1v) is 10.0. The number of amides is 1. The number of ether oxygens (including phenoxy) is 1. The van der Waals surface area contributed by atoms with Crippen molar-refractivity contribution in [2.24, 2.45) is 0 Å². The van der Waals surface area contributed by atoms with Crippen molar-refractivity contribution in [3.8, 4) is 5.75 Å². The molecule has 2 aromatic rings. The van der Waals surface area contributed by atoms with Gasteiger partial charge in [-0.1, -0.05) is 32.3 Å². The van der Waals surface area contributed by atoms with Gasteiger partial charge in [0.2, 0.25) is 5.91 Å². The fourth-order valence-corrected chi connectivity index (χ4v) is 3.05. The number of hydrogen-bond acceptors (Lipinski definition) is 4. The highest BCUT2D eigenvalue weighted by molar-refractivity contribution is 7.80. The van der Waals surface area contributed by atoms with Crippen LogP contribution in [0, 0.1) is 0 Å². The molecule has 0 bridgehead atoms. The van der Waals surface area contributed by atoms with Crippen molar-refractivity contribution in [2.45, 2.75) is 32.6 Å². The molecule has 0 aliphatic rings. The minimum Gasteiger partial charge on any atom is -0.494 e. The number of nitrogens with one attached hydrogen (secondary N) is 2. The van der Waals surface area contributed by atoms with Crippen molar-refractivity contribution in [1.82, 2.24) is 5.32 Å². The Hall–Kier alpha value is -2.18. The largest absolute Gasteiger partial charge is 0.494 e. The zero-order valence-electron chi connectivity index (χ0n) is 14.9. The van der Waals surface area contributed by atoms with Crippen LogP contribution in [-0.4, -0.2) is 17.6 Å². The number of thiophene rings is 1. The van der Waals surface area contributed by atoms with Crippen molar-refractivity contribution >= 4 is 46.3 Å². The first-order valence-electron chi connectivity index (χ1n) is 8.74. The quantitative estimate of drug-likeness (QED) is 0.351. The van der Waals surface area contributed by atoms with Crippen LogP contribution in [-0.2, 0) is 4.79 Å². The monoisotopic (exact) mass is 388 g/mol. The average Bonchev–Trinajstić information content (AvgIpc) is 3.15. The van der Waals surface area contributed by atoms with Gasteiger partial charge >= 0.3 is 0 Å². The van der Waals surface area contributed by atoms with Crippen molar-refractivity contribution in [2.75, 3.05) is 11.9 Å². The minimum atomic E-state index is -0.261. The number of carbonyl (C=O) groups is 1. The Labute approximate surface area is 164 Å². The molecule has 0 radical (unpaired) electrons. The first-order chi connectivity index (χ1) is 12.7. The molecule has 0 unspecified atom stereocenters. The molecule has 138 valence electrons. The van der Waals surface area contributed by atoms with E-state index in [2.05, 4.69) is 17.6 Å². The van der Waals surface area contributed by atoms with Gasteiger partial charge in [-0.25, -0.2) is 0 Å². The van der Waals surface area contributed by atoms with E-state index in [1.807, 2.05) is 41.8 Å². The maximum atomic E-state index is 11.8. The predicted octanol–water partition coefficient (Wildman–Crippen LogP) is 5.23. The first kappa shape index (κ1) is 20.1. The van der Waals surface area contributed by atoms with Gasteiger partial charge in [-0.15, -0.1) is 11.3 Å². The van der Waals surface area contributed by atoms with E-state index in [1.54, 1.807) is 17.4 Å². The molecule has 26 heavy (non-hydrogen) atoms. The maximum absolute atomic E-state index is 11.8. The number of thiocarbonyl (C=S) groups is 1. The molecular formula is C20H24N2O2S2. The van der Waals surface area contributed by atoms with E-state index < -0.39 is 0 Å². The fraction of sp³-hybridized carbons (Fsp3) is 0.300. The van der Waals surface area contributed by atoms with E-state index in [9.17, 15) is 4.79 Å². The summed E-state index contributed by atoms with van der Waals surface area (Å²) in [4.78, 5) is 12.9. The van der Waals surface area contributed by atoms with Gasteiger partial charge in [0.25, 0.3) is 0 Å². The number of hydrogen-bond donors (Lipinski definition) is 2. The Bertz CT molecular complexity index is 710. The van der Waals surface area contributed by atoms with Crippen LogP contribution in [0.1, 0.15) is 37.5 Å². The molecule has 2 rings (SSSR count). The molecule has 1 aromatic carbocycles. The molecule has 2 N–H and O–H groups in total. The molecule has 0 atom stereocenters. The lowest BCUT2D eigenvalue weighted by atomic mass is 10.2. The summed E-state index contributed by atoms with van der Waals surface area (Å²) >= 11 is 6.73. The molecule has 0 fully saturated rings. The van der Waals surface area contributed by atoms with Crippen LogP contribution < -0.4 is 15.4 Å². The van der Waals surface area contributed by atoms with Crippen molar-refractivity contribution in [1.29, 1.82) is 0 Å². The van der Waals surface area contributed by atoms with Gasteiger partial charge in [0.05, 0.1) is 6.61 Å². The van der Waals surface area contributed by atoms with Gasteiger partial charge in [0.1, 0.15) is 5.75 Å². The van der Waals surface area contributed by atoms with Gasteiger partial charge in [-0.05, 0) is 60.4 Å². The van der Waals surface area contributed by atoms with Crippen LogP contribution in [0.25, 0.3) is 6.08 Å². The summed E-state index contributed by atoms with van der Waals surface area (Å²) in [7, 11) is 0. The molecule has 0 saturated heterocycles. The highest BCUT2D eigenvalue weighted by atomic mass is 32.1. The number of benzene rings is 1.